The van der Waals surface area contributed by atoms with Gasteiger partial charge in [0.25, 0.3) is 0 Å². The Morgan fingerprint density at radius 1 is 0.900 bits per heavy atom. The summed E-state index contributed by atoms with van der Waals surface area (Å²) in [6.07, 6.45) is 1.13. The summed E-state index contributed by atoms with van der Waals surface area (Å²) in [5, 5.41) is 0. The lowest BCUT2D eigenvalue weighted by molar-refractivity contribution is -0.601. The summed E-state index contributed by atoms with van der Waals surface area (Å²) >= 11 is 0.0585. The summed E-state index contributed by atoms with van der Waals surface area (Å²) in [6.45, 7) is 2.19. The zero-order chi connectivity index (χ0) is 14.8. The molecule has 0 nitrogen and oxygen atoms in total. The van der Waals surface area contributed by atoms with E-state index in [4.69, 9.17) is 0 Å². The first-order chi connectivity index (χ1) is 9.33. The first kappa shape index (κ1) is 15.3. The molecule has 6 heteroatoms. The number of hydrogen-bond donors (Lipinski definition) is 0. The van der Waals surface area contributed by atoms with Crippen molar-refractivity contribution in [3.63, 3.8) is 0 Å². The minimum absolute atomic E-state index is 0.0585. The Labute approximate surface area is 125 Å². The third kappa shape index (κ3) is 4.50. The lowest BCUT2D eigenvalue weighted by atomic mass is 10.0. The number of benzene rings is 2. The summed E-state index contributed by atoms with van der Waals surface area (Å²) in [4.78, 5) is 0. The van der Waals surface area contributed by atoms with Gasteiger partial charge in [0.1, 0.15) is 0 Å². The second-order valence-corrected chi connectivity index (χ2v) is 7.32. The van der Waals surface area contributed by atoms with Crippen LogP contribution in [-0.4, -0.2) is 7.25 Å². The first-order valence-electron chi connectivity index (χ1n) is 6.02. The van der Waals surface area contributed by atoms with E-state index in [1.165, 1.54) is 5.56 Å². The fourth-order valence-corrected chi connectivity index (χ4v) is 5.03. The van der Waals surface area contributed by atoms with E-state index < -0.39 is 7.25 Å². The van der Waals surface area contributed by atoms with Crippen molar-refractivity contribution >= 4 is 7.25 Å². The Hall–Kier alpha value is -1.05. The van der Waals surface area contributed by atoms with Crippen molar-refractivity contribution in [3.05, 3.63) is 66.3 Å². The Kier molecular flexibility index (Phi) is 4.72. The molecular formula is C14H12BF4I. The molecule has 0 atom stereocenters. The van der Waals surface area contributed by atoms with Crippen LogP contribution < -0.4 is 21.2 Å². The highest BCUT2D eigenvalue weighted by molar-refractivity contribution is 6.50. The van der Waals surface area contributed by atoms with Crippen LogP contribution in [0, 0.1) is 14.1 Å². The molecule has 1 aliphatic heterocycles. The maximum atomic E-state index is 9.75. The van der Waals surface area contributed by atoms with Crippen molar-refractivity contribution in [2.45, 2.75) is 13.3 Å². The third-order valence-corrected chi connectivity index (χ3v) is 5.97. The second-order valence-electron chi connectivity index (χ2n) is 4.45. The zero-order valence-corrected chi connectivity index (χ0v) is 12.9. The van der Waals surface area contributed by atoms with Crippen LogP contribution in [0.1, 0.15) is 16.7 Å². The molecule has 0 bridgehead atoms. The van der Waals surface area contributed by atoms with E-state index in [0.29, 0.717) is 0 Å². The van der Waals surface area contributed by atoms with Gasteiger partial charge in [0.2, 0.25) is 0 Å². The second kappa shape index (κ2) is 6.16. The highest BCUT2D eigenvalue weighted by atomic mass is 127. The Balaban J connectivity index is 0.000000257. The monoisotopic (exact) mass is 394 g/mol. The number of aryl methyl sites for hydroxylation is 1. The first-order valence-corrected chi connectivity index (χ1v) is 8.18. The van der Waals surface area contributed by atoms with Crippen LogP contribution in [0.3, 0.4) is 0 Å². The number of halogens is 5. The molecule has 0 spiro atoms. The molecule has 0 aromatic heterocycles. The molecule has 0 saturated carbocycles. The molecule has 0 aliphatic carbocycles. The molecule has 20 heavy (non-hydrogen) atoms. The van der Waals surface area contributed by atoms with Crippen molar-refractivity contribution in [1.82, 2.24) is 0 Å². The average Bonchev–Trinajstić information content (AvgIpc) is 2.34. The average molecular weight is 394 g/mol. The molecule has 1 aliphatic rings. The van der Waals surface area contributed by atoms with Crippen molar-refractivity contribution in [1.29, 1.82) is 0 Å². The SMILES string of the molecule is Cc1ccc2c(c1)[I+]c1ccccc1C2.F[B-](F)(F)F. The van der Waals surface area contributed by atoms with Gasteiger partial charge in [-0.05, 0) is 24.6 Å². The smallest absolute Gasteiger partial charge is 0.418 e. The maximum absolute atomic E-state index is 9.75. The van der Waals surface area contributed by atoms with Crippen LogP contribution in [0.15, 0.2) is 42.5 Å². The third-order valence-electron chi connectivity index (χ3n) is 2.75. The van der Waals surface area contributed by atoms with E-state index in [1.807, 2.05) is 0 Å². The molecule has 0 saturated heterocycles. The molecule has 0 amide bonds. The molecule has 0 unspecified atom stereocenters. The highest BCUT2D eigenvalue weighted by Gasteiger charge is 2.28. The molecule has 106 valence electrons. The summed E-state index contributed by atoms with van der Waals surface area (Å²) in [5.41, 5.74) is 4.49. The quantitative estimate of drug-likeness (QED) is 0.307. The van der Waals surface area contributed by atoms with Crippen LogP contribution in [-0.2, 0) is 6.42 Å². The van der Waals surface area contributed by atoms with Crippen LogP contribution >= 0.6 is 0 Å². The van der Waals surface area contributed by atoms with E-state index in [2.05, 4.69) is 49.4 Å². The van der Waals surface area contributed by atoms with E-state index in [1.54, 1.807) is 18.3 Å². The molecule has 1 heterocycles. The van der Waals surface area contributed by atoms with Crippen molar-refractivity contribution in [2.24, 2.45) is 0 Å². The van der Waals surface area contributed by atoms with Gasteiger partial charge in [0.15, 0.2) is 7.14 Å². The number of hydrogen-bond acceptors (Lipinski definition) is 0. The predicted octanol–water partition coefficient (Wildman–Crippen LogP) is 1.33. The molecule has 2 aromatic carbocycles. The summed E-state index contributed by atoms with van der Waals surface area (Å²) < 4.78 is 42.2. The van der Waals surface area contributed by atoms with Crippen LogP contribution in [0.5, 0.6) is 0 Å². The molecule has 0 N–H and O–H groups in total. The van der Waals surface area contributed by atoms with Crippen molar-refractivity contribution in [2.75, 3.05) is 0 Å². The summed E-state index contributed by atoms with van der Waals surface area (Å²) in [6, 6.07) is 15.8. The normalized spacial score (nSPS) is 12.8. The van der Waals surface area contributed by atoms with E-state index in [0.717, 1.165) is 6.42 Å². The standard InChI is InChI=1S/C14H12I.BF4/c1-10-6-7-12-9-11-4-2-3-5-13(11)15-14(12)8-10;2-1(3,4)5/h2-8H,9H2,1H3;/q+1;-1. The van der Waals surface area contributed by atoms with Crippen molar-refractivity contribution in [3.8, 4) is 0 Å². The minimum atomic E-state index is -6.00. The van der Waals surface area contributed by atoms with Gasteiger partial charge in [-0.15, -0.1) is 0 Å². The highest BCUT2D eigenvalue weighted by Crippen LogP contribution is 2.13. The predicted molar refractivity (Wildman–Crippen MR) is 68.0 cm³/mol. The molecular weight excluding hydrogens is 382 g/mol. The Morgan fingerprint density at radius 3 is 2.20 bits per heavy atom. The fourth-order valence-electron chi connectivity index (χ4n) is 1.93. The van der Waals surface area contributed by atoms with E-state index >= 15 is 0 Å². The molecule has 0 radical (unpaired) electrons. The van der Waals surface area contributed by atoms with Gasteiger partial charge in [0.05, 0.1) is 0 Å². The van der Waals surface area contributed by atoms with Crippen LogP contribution in [0.25, 0.3) is 0 Å². The van der Waals surface area contributed by atoms with Gasteiger partial charge in [-0.1, -0.05) is 30.3 Å². The largest absolute Gasteiger partial charge is 0.673 e. The zero-order valence-electron chi connectivity index (χ0n) is 10.7. The lowest BCUT2D eigenvalue weighted by Gasteiger charge is -2.08. The van der Waals surface area contributed by atoms with E-state index in [9.17, 15) is 17.3 Å². The number of fused-ring (bicyclic) bond motifs is 2. The van der Waals surface area contributed by atoms with Crippen LogP contribution in [0.2, 0.25) is 0 Å². The maximum Gasteiger partial charge on any atom is 0.673 e. The van der Waals surface area contributed by atoms with Gasteiger partial charge in [-0.25, -0.2) is 0 Å². The van der Waals surface area contributed by atoms with Gasteiger partial charge in [-0.3, -0.25) is 0 Å². The Morgan fingerprint density at radius 2 is 1.50 bits per heavy atom. The summed E-state index contributed by atoms with van der Waals surface area (Å²) in [7, 11) is -6.00. The molecule has 3 rings (SSSR count). The topological polar surface area (TPSA) is 0 Å². The molecule has 2 aromatic rings. The summed E-state index contributed by atoms with van der Waals surface area (Å²) in [5.74, 6) is 0. The van der Waals surface area contributed by atoms with Crippen molar-refractivity contribution < 1.29 is 38.5 Å². The van der Waals surface area contributed by atoms with Gasteiger partial charge < -0.3 is 17.3 Å². The van der Waals surface area contributed by atoms with Gasteiger partial charge >= 0.3 is 28.5 Å². The molecule has 0 fully saturated rings. The Bertz CT molecular complexity index is 604. The van der Waals surface area contributed by atoms with Gasteiger partial charge in [0, 0.05) is 17.5 Å². The van der Waals surface area contributed by atoms with Gasteiger partial charge in [-0.2, -0.15) is 0 Å². The number of rotatable bonds is 0. The van der Waals surface area contributed by atoms with Crippen LogP contribution in [0.4, 0.5) is 17.3 Å². The van der Waals surface area contributed by atoms with E-state index in [-0.39, 0.29) is 21.2 Å². The fraction of sp³-hybridized carbons (Fsp3) is 0.143. The lowest BCUT2D eigenvalue weighted by Crippen LogP contribution is -3.62. The minimum Gasteiger partial charge on any atom is -0.418 e.